The summed E-state index contributed by atoms with van der Waals surface area (Å²) in [4.78, 5) is 44.1. The third-order valence-electron chi connectivity index (χ3n) is 8.21. The highest BCUT2D eigenvalue weighted by atomic mass is 35.5. The Hall–Kier alpha value is -4.36. The van der Waals surface area contributed by atoms with Crippen molar-refractivity contribution in [1.29, 1.82) is 0 Å². The number of carboxylic acid groups (broad SMARTS) is 1. The summed E-state index contributed by atoms with van der Waals surface area (Å²) < 4.78 is 35.4. The maximum atomic E-state index is 13.4. The van der Waals surface area contributed by atoms with Crippen molar-refractivity contribution in [3.05, 3.63) is 90.8 Å². The first-order valence-electron chi connectivity index (χ1n) is 15.1. The van der Waals surface area contributed by atoms with Crippen molar-refractivity contribution < 1.29 is 27.9 Å². The van der Waals surface area contributed by atoms with E-state index in [0.29, 0.717) is 40.4 Å². The molecule has 0 saturated heterocycles. The number of aliphatic carboxylic acids is 1. The van der Waals surface area contributed by atoms with Crippen molar-refractivity contribution >= 4 is 39.5 Å². The first-order chi connectivity index (χ1) is 22.0. The molecule has 14 heteroatoms. The molecule has 0 saturated carbocycles. The first-order valence-corrected chi connectivity index (χ1v) is 17.0. The highest BCUT2D eigenvalue weighted by molar-refractivity contribution is 7.90. The van der Waals surface area contributed by atoms with Gasteiger partial charge in [0.25, 0.3) is 21.5 Å². The number of sulfonamides is 1. The molecule has 47 heavy (non-hydrogen) atoms. The molecule has 0 spiro atoms. The number of ether oxygens (including phenoxy) is 1. The lowest BCUT2D eigenvalue weighted by molar-refractivity contribution is -0.139. The summed E-state index contributed by atoms with van der Waals surface area (Å²) in [6.45, 7) is 9.28. The number of benzene rings is 2. The number of guanidine groups is 1. The number of rotatable bonds is 11. The van der Waals surface area contributed by atoms with Gasteiger partial charge in [-0.05, 0) is 112 Å². The molecule has 1 aromatic heterocycles. The number of hydrogen-bond donors (Lipinski definition) is 5. The van der Waals surface area contributed by atoms with Crippen LogP contribution in [0.25, 0.3) is 0 Å². The normalized spacial score (nSPS) is 14.9. The Morgan fingerprint density at radius 1 is 1.15 bits per heavy atom. The van der Waals surface area contributed by atoms with Gasteiger partial charge in [0.15, 0.2) is 0 Å². The lowest BCUT2D eigenvalue weighted by Crippen LogP contribution is -2.42. The van der Waals surface area contributed by atoms with Gasteiger partial charge in [-0.2, -0.15) is 0 Å². The fraction of sp³-hybridized carbons (Fsp3) is 0.394. The molecule has 12 nitrogen and oxygen atoms in total. The van der Waals surface area contributed by atoms with Crippen molar-refractivity contribution in [2.45, 2.75) is 83.3 Å². The van der Waals surface area contributed by atoms with Gasteiger partial charge in [0.2, 0.25) is 5.96 Å². The zero-order valence-electron chi connectivity index (χ0n) is 27.0. The molecular weight excluding hydrogens is 646 g/mol. The molecule has 0 aliphatic carbocycles. The van der Waals surface area contributed by atoms with Crippen LogP contribution in [-0.4, -0.2) is 54.5 Å². The second-order valence-electron chi connectivity index (χ2n) is 12.3. The zero-order valence-corrected chi connectivity index (χ0v) is 28.6. The summed E-state index contributed by atoms with van der Waals surface area (Å²) in [5, 5.41) is 12.6. The highest BCUT2D eigenvalue weighted by Gasteiger charge is 2.33. The molecule has 0 radical (unpaired) electrons. The van der Waals surface area contributed by atoms with Crippen LogP contribution in [-0.2, 0) is 27.7 Å². The van der Waals surface area contributed by atoms with Gasteiger partial charge in [-0.25, -0.2) is 17.9 Å². The molecule has 2 heterocycles. The number of aromatic nitrogens is 1. The van der Waals surface area contributed by atoms with Gasteiger partial charge < -0.3 is 25.9 Å². The van der Waals surface area contributed by atoms with E-state index in [4.69, 9.17) is 22.1 Å². The van der Waals surface area contributed by atoms with Crippen LogP contribution >= 0.6 is 11.6 Å². The zero-order chi connectivity index (χ0) is 34.7. The van der Waals surface area contributed by atoms with E-state index < -0.39 is 33.5 Å². The summed E-state index contributed by atoms with van der Waals surface area (Å²) in [7, 11) is -4.10. The third-order valence-corrected chi connectivity index (χ3v) is 10.1. The Morgan fingerprint density at radius 2 is 1.87 bits per heavy atom. The van der Waals surface area contributed by atoms with Crippen LogP contribution in [0.1, 0.15) is 77.0 Å². The van der Waals surface area contributed by atoms with Crippen LogP contribution in [0.4, 0.5) is 0 Å². The lowest BCUT2D eigenvalue weighted by atomic mass is 9.88. The quantitative estimate of drug-likeness (QED) is 0.114. The van der Waals surface area contributed by atoms with E-state index in [9.17, 15) is 27.9 Å². The number of aliphatic imine (C=N–C) groups is 1. The Morgan fingerprint density at radius 3 is 2.53 bits per heavy atom. The molecule has 2 aromatic carbocycles. The number of pyridine rings is 1. The van der Waals surface area contributed by atoms with Gasteiger partial charge in [-0.1, -0.05) is 23.7 Å². The Balaban J connectivity index is 1.36. The second kappa shape index (κ2) is 14.2. The molecule has 6 N–H and O–H groups in total. The Kier molecular flexibility index (Phi) is 10.7. The van der Waals surface area contributed by atoms with E-state index in [-0.39, 0.29) is 41.4 Å². The van der Waals surface area contributed by atoms with E-state index in [1.165, 1.54) is 6.07 Å². The molecule has 0 bridgehead atoms. The molecule has 4 rings (SSSR count). The number of amides is 1. The van der Waals surface area contributed by atoms with Gasteiger partial charge in [0.05, 0.1) is 4.90 Å². The fourth-order valence-electron chi connectivity index (χ4n) is 5.62. The first kappa shape index (κ1) is 35.5. The number of nitrogens with two attached hydrogens (primary N) is 1. The number of hydrogen-bond acceptors (Lipinski definition) is 7. The number of nitrogens with zero attached hydrogens (tertiary/aromatic N) is 1. The van der Waals surface area contributed by atoms with Crippen LogP contribution in [0.15, 0.2) is 51.1 Å². The molecule has 0 fully saturated rings. The number of H-pyrrole nitrogens is 1. The van der Waals surface area contributed by atoms with Gasteiger partial charge >= 0.3 is 5.97 Å². The molecule has 1 amide bonds. The van der Waals surface area contributed by atoms with Crippen molar-refractivity contribution in [1.82, 2.24) is 15.0 Å². The van der Waals surface area contributed by atoms with Gasteiger partial charge in [0.1, 0.15) is 23.0 Å². The number of carbonyl (C=O) groups is 2. The summed E-state index contributed by atoms with van der Waals surface area (Å²) in [5.74, 6) is -1.78. The molecule has 0 unspecified atom stereocenters. The van der Waals surface area contributed by atoms with E-state index >= 15 is 0 Å². The van der Waals surface area contributed by atoms with Crippen LogP contribution in [0, 0.1) is 20.8 Å². The topological polar surface area (TPSA) is 193 Å². The average Bonchev–Trinajstić information content (AvgIpc) is 2.96. The molecule has 252 valence electrons. The summed E-state index contributed by atoms with van der Waals surface area (Å²) >= 11 is 6.02. The van der Waals surface area contributed by atoms with Gasteiger partial charge in [0, 0.05) is 23.7 Å². The van der Waals surface area contributed by atoms with Crippen molar-refractivity contribution in [3.63, 3.8) is 0 Å². The minimum atomic E-state index is -4.10. The van der Waals surface area contributed by atoms with Gasteiger partial charge in [-0.15, -0.1) is 0 Å². The fourth-order valence-corrected chi connectivity index (χ4v) is 7.36. The molecule has 3 aromatic rings. The molecular formula is C33H40ClN5O7S. The van der Waals surface area contributed by atoms with E-state index in [1.807, 2.05) is 26.8 Å². The van der Waals surface area contributed by atoms with Crippen molar-refractivity contribution in [3.8, 4) is 5.75 Å². The van der Waals surface area contributed by atoms with Crippen molar-refractivity contribution in [2.75, 3.05) is 6.54 Å². The monoisotopic (exact) mass is 685 g/mol. The number of halogens is 1. The Labute approximate surface area is 278 Å². The minimum absolute atomic E-state index is 0.0170. The van der Waals surface area contributed by atoms with Crippen LogP contribution in [0.5, 0.6) is 5.75 Å². The predicted molar refractivity (Wildman–Crippen MR) is 180 cm³/mol. The van der Waals surface area contributed by atoms with Crippen LogP contribution in [0.3, 0.4) is 0 Å². The maximum absolute atomic E-state index is 13.4. The Bertz CT molecular complexity index is 1900. The second-order valence-corrected chi connectivity index (χ2v) is 14.3. The highest BCUT2D eigenvalue weighted by Crippen LogP contribution is 2.42. The summed E-state index contributed by atoms with van der Waals surface area (Å²) in [6, 6.07) is 8.73. The predicted octanol–water partition coefficient (Wildman–Crippen LogP) is 3.90. The van der Waals surface area contributed by atoms with E-state index in [0.717, 1.165) is 23.1 Å². The number of fused-ring (bicyclic) bond motifs is 1. The SMILES string of the molecule is Cc1c(C)c(S(=O)(=O)NC(N)=NCCC[C@H](NC(=O)c2ccc(Cc3cccc(Cl)c3)[nH]c2=O)C(=O)O)c(C)c2c1OC(C)(C)CC2. The van der Waals surface area contributed by atoms with E-state index in [2.05, 4.69) is 20.0 Å². The molecule has 1 atom stereocenters. The van der Waals surface area contributed by atoms with Crippen LogP contribution in [0.2, 0.25) is 5.02 Å². The number of aromatic amines is 1. The smallest absolute Gasteiger partial charge is 0.326 e. The van der Waals surface area contributed by atoms with Crippen molar-refractivity contribution in [2.24, 2.45) is 10.7 Å². The summed E-state index contributed by atoms with van der Waals surface area (Å²) in [5.41, 5.74) is 8.84. The van der Waals surface area contributed by atoms with Crippen LogP contribution < -0.4 is 26.1 Å². The number of carboxylic acids is 1. The lowest BCUT2D eigenvalue weighted by Gasteiger charge is -2.35. The van der Waals surface area contributed by atoms with Gasteiger partial charge in [-0.3, -0.25) is 14.6 Å². The maximum Gasteiger partial charge on any atom is 0.326 e. The number of carbonyl (C=O) groups excluding carboxylic acids is 1. The van der Waals surface area contributed by atoms with E-state index in [1.54, 1.807) is 38.1 Å². The summed E-state index contributed by atoms with van der Waals surface area (Å²) in [6.07, 6.45) is 1.90. The minimum Gasteiger partial charge on any atom is -0.487 e. The third kappa shape index (κ3) is 8.52. The largest absolute Gasteiger partial charge is 0.487 e. The average molecular weight is 686 g/mol. The standard InChI is InChI=1S/C33H40ClN5O7S/c1-18-19(2)28(20(3)24-13-14-33(4,5)46-27(18)24)47(44,45)39-32(35)36-15-7-10-26(31(42)43)38-30(41)25-12-11-23(37-29(25)40)17-21-8-6-9-22(34)16-21/h6,8-9,11-12,16,26H,7,10,13-15,17H2,1-5H3,(H,37,40)(H,38,41)(H,42,43)(H3,35,36,39)/t26-/m0/s1. The number of nitrogens with one attached hydrogen (secondary N) is 3. The molecule has 1 aliphatic rings. The molecule has 1 aliphatic heterocycles.